The molecule has 1 N–H and O–H groups in total. The first kappa shape index (κ1) is 14.6. The van der Waals surface area contributed by atoms with Gasteiger partial charge in [-0.3, -0.25) is 0 Å². The van der Waals surface area contributed by atoms with Gasteiger partial charge in [0.2, 0.25) is 0 Å². The number of hydrogen-bond donors (Lipinski definition) is 1. The predicted octanol–water partition coefficient (Wildman–Crippen LogP) is 3.87. The van der Waals surface area contributed by atoms with E-state index in [2.05, 4.69) is 19.2 Å². The highest BCUT2D eigenvalue weighted by Crippen LogP contribution is 2.29. The Morgan fingerprint density at radius 1 is 1.21 bits per heavy atom. The van der Waals surface area contributed by atoms with E-state index < -0.39 is 0 Å². The lowest BCUT2D eigenvalue weighted by Gasteiger charge is -2.30. The Hall–Kier alpha value is -0.800. The zero-order valence-corrected chi connectivity index (χ0v) is 12.3. The van der Waals surface area contributed by atoms with Gasteiger partial charge in [0, 0.05) is 0 Å². The fourth-order valence-electron chi connectivity index (χ4n) is 2.89. The summed E-state index contributed by atoms with van der Waals surface area (Å²) in [5, 5.41) is 3.26. The molecule has 0 saturated heterocycles. The lowest BCUT2D eigenvalue weighted by Crippen LogP contribution is -2.27. The summed E-state index contributed by atoms with van der Waals surface area (Å²) >= 11 is 0. The lowest BCUT2D eigenvalue weighted by atomic mass is 9.85. The molecule has 1 heterocycles. The smallest absolute Gasteiger partial charge is 0.129 e. The molecule has 108 valence electrons. The summed E-state index contributed by atoms with van der Waals surface area (Å²) in [7, 11) is 0. The first-order valence-corrected chi connectivity index (χ1v) is 7.73. The van der Waals surface area contributed by atoms with Crippen LogP contribution in [0.1, 0.15) is 57.5 Å². The second-order valence-electron chi connectivity index (χ2n) is 5.45. The van der Waals surface area contributed by atoms with Crippen LogP contribution in [0.4, 0.5) is 0 Å². The maximum Gasteiger partial charge on any atom is 0.129 e. The molecule has 1 aliphatic carbocycles. The molecule has 1 aromatic heterocycles. The van der Waals surface area contributed by atoms with Gasteiger partial charge in [0.05, 0.1) is 12.6 Å². The summed E-state index contributed by atoms with van der Waals surface area (Å²) in [5.74, 6) is 2.69. The highest BCUT2D eigenvalue weighted by Gasteiger charge is 2.24. The largest absolute Gasteiger partial charge is 0.462 e. The molecule has 19 heavy (non-hydrogen) atoms. The van der Waals surface area contributed by atoms with Crippen LogP contribution in [0, 0.1) is 5.92 Å². The van der Waals surface area contributed by atoms with Crippen molar-refractivity contribution in [3.8, 4) is 0 Å². The van der Waals surface area contributed by atoms with Crippen molar-refractivity contribution in [1.82, 2.24) is 5.32 Å². The SMILES string of the molecule is CCNCc1ccc(COC2CCCCC2CC)o1. The van der Waals surface area contributed by atoms with Gasteiger partial charge in [-0.15, -0.1) is 0 Å². The molecule has 0 spiro atoms. The quantitative estimate of drug-likeness (QED) is 0.812. The number of hydrogen-bond acceptors (Lipinski definition) is 3. The van der Waals surface area contributed by atoms with Crippen LogP contribution < -0.4 is 5.32 Å². The molecule has 2 atom stereocenters. The Balaban J connectivity index is 1.79. The van der Waals surface area contributed by atoms with E-state index in [1.54, 1.807) is 0 Å². The van der Waals surface area contributed by atoms with Crippen molar-refractivity contribution in [3.05, 3.63) is 23.7 Å². The van der Waals surface area contributed by atoms with Crippen molar-refractivity contribution in [2.24, 2.45) is 5.92 Å². The fourth-order valence-corrected chi connectivity index (χ4v) is 2.89. The Morgan fingerprint density at radius 3 is 2.79 bits per heavy atom. The minimum Gasteiger partial charge on any atom is -0.462 e. The van der Waals surface area contributed by atoms with Crippen LogP contribution in [-0.4, -0.2) is 12.6 Å². The average molecular weight is 265 g/mol. The fraction of sp³-hybridized carbons (Fsp3) is 0.750. The van der Waals surface area contributed by atoms with Gasteiger partial charge in [-0.25, -0.2) is 0 Å². The Morgan fingerprint density at radius 2 is 2.00 bits per heavy atom. The van der Waals surface area contributed by atoms with Crippen LogP contribution in [0.15, 0.2) is 16.5 Å². The number of rotatable bonds is 7. The summed E-state index contributed by atoms with van der Waals surface area (Å²) in [6, 6.07) is 4.08. The van der Waals surface area contributed by atoms with Crippen LogP contribution in [0.3, 0.4) is 0 Å². The molecule has 1 aliphatic rings. The molecule has 0 amide bonds. The summed E-state index contributed by atoms with van der Waals surface area (Å²) in [5.41, 5.74) is 0. The maximum absolute atomic E-state index is 6.08. The monoisotopic (exact) mass is 265 g/mol. The van der Waals surface area contributed by atoms with E-state index in [1.807, 2.05) is 12.1 Å². The average Bonchev–Trinajstić information content (AvgIpc) is 2.91. The number of ether oxygens (including phenoxy) is 1. The molecule has 3 nitrogen and oxygen atoms in total. The highest BCUT2D eigenvalue weighted by atomic mass is 16.5. The zero-order chi connectivity index (χ0) is 13.5. The van der Waals surface area contributed by atoms with Crippen molar-refractivity contribution in [3.63, 3.8) is 0 Å². The van der Waals surface area contributed by atoms with Crippen molar-refractivity contribution in [2.45, 2.75) is 65.2 Å². The van der Waals surface area contributed by atoms with Gasteiger partial charge in [0.1, 0.15) is 18.1 Å². The molecule has 0 bridgehead atoms. The third-order valence-electron chi connectivity index (χ3n) is 4.07. The lowest BCUT2D eigenvalue weighted by molar-refractivity contribution is -0.0286. The standard InChI is InChI=1S/C16H27NO2/c1-3-13-7-5-6-8-16(13)18-12-15-10-9-14(19-15)11-17-4-2/h9-10,13,16-17H,3-8,11-12H2,1-2H3. The summed E-state index contributed by atoms with van der Waals surface area (Å²) < 4.78 is 11.8. The molecule has 3 heteroatoms. The molecule has 0 aliphatic heterocycles. The van der Waals surface area contributed by atoms with E-state index in [1.165, 1.54) is 32.1 Å². The molecule has 1 aromatic rings. The number of furan rings is 1. The van der Waals surface area contributed by atoms with Gasteiger partial charge in [0.25, 0.3) is 0 Å². The van der Waals surface area contributed by atoms with Crippen LogP contribution in [0.25, 0.3) is 0 Å². The van der Waals surface area contributed by atoms with Crippen molar-refractivity contribution in [1.29, 1.82) is 0 Å². The minimum absolute atomic E-state index is 0.432. The van der Waals surface area contributed by atoms with E-state index in [9.17, 15) is 0 Å². The van der Waals surface area contributed by atoms with Gasteiger partial charge in [-0.05, 0) is 37.4 Å². The zero-order valence-electron chi connectivity index (χ0n) is 12.3. The molecule has 0 radical (unpaired) electrons. The van der Waals surface area contributed by atoms with E-state index in [-0.39, 0.29) is 0 Å². The Kier molecular flexibility index (Phi) is 5.93. The molecular weight excluding hydrogens is 238 g/mol. The van der Waals surface area contributed by atoms with Gasteiger partial charge < -0.3 is 14.5 Å². The second-order valence-corrected chi connectivity index (χ2v) is 5.45. The topological polar surface area (TPSA) is 34.4 Å². The minimum atomic E-state index is 0.432. The number of nitrogens with one attached hydrogen (secondary N) is 1. The molecule has 2 unspecified atom stereocenters. The Labute approximate surface area is 116 Å². The van der Waals surface area contributed by atoms with Crippen LogP contribution in [-0.2, 0) is 17.9 Å². The second kappa shape index (κ2) is 7.71. The van der Waals surface area contributed by atoms with Gasteiger partial charge in [-0.1, -0.05) is 33.1 Å². The molecule has 2 rings (SSSR count). The summed E-state index contributed by atoms with van der Waals surface area (Å²) in [6.45, 7) is 6.76. The first-order chi connectivity index (χ1) is 9.33. The highest BCUT2D eigenvalue weighted by molar-refractivity contribution is 5.06. The molecular formula is C16H27NO2. The van der Waals surface area contributed by atoms with E-state index in [0.29, 0.717) is 12.7 Å². The maximum atomic E-state index is 6.08. The Bertz CT molecular complexity index is 361. The summed E-state index contributed by atoms with van der Waals surface area (Å²) in [6.07, 6.45) is 6.88. The van der Waals surface area contributed by atoms with Crippen molar-refractivity contribution in [2.75, 3.05) is 6.54 Å². The van der Waals surface area contributed by atoms with Crippen molar-refractivity contribution < 1.29 is 9.15 Å². The van der Waals surface area contributed by atoms with E-state index in [0.717, 1.165) is 30.5 Å². The van der Waals surface area contributed by atoms with Crippen LogP contribution in [0.2, 0.25) is 0 Å². The normalized spacial score (nSPS) is 23.7. The molecule has 1 saturated carbocycles. The van der Waals surface area contributed by atoms with Crippen LogP contribution >= 0.6 is 0 Å². The van der Waals surface area contributed by atoms with Gasteiger partial charge in [0.15, 0.2) is 0 Å². The van der Waals surface area contributed by atoms with Crippen LogP contribution in [0.5, 0.6) is 0 Å². The van der Waals surface area contributed by atoms with Gasteiger partial charge >= 0.3 is 0 Å². The first-order valence-electron chi connectivity index (χ1n) is 7.73. The third-order valence-corrected chi connectivity index (χ3v) is 4.07. The van der Waals surface area contributed by atoms with E-state index in [4.69, 9.17) is 9.15 Å². The molecule has 0 aromatic carbocycles. The predicted molar refractivity (Wildman–Crippen MR) is 76.9 cm³/mol. The van der Waals surface area contributed by atoms with Gasteiger partial charge in [-0.2, -0.15) is 0 Å². The third kappa shape index (κ3) is 4.36. The molecule has 1 fully saturated rings. The van der Waals surface area contributed by atoms with E-state index >= 15 is 0 Å². The summed E-state index contributed by atoms with van der Waals surface area (Å²) in [4.78, 5) is 0. The van der Waals surface area contributed by atoms with Crippen molar-refractivity contribution >= 4 is 0 Å².